The van der Waals surface area contributed by atoms with Gasteiger partial charge in [0.1, 0.15) is 6.04 Å². The Morgan fingerprint density at radius 1 is 1.35 bits per heavy atom. The summed E-state index contributed by atoms with van der Waals surface area (Å²) < 4.78 is 25.8. The van der Waals surface area contributed by atoms with E-state index in [2.05, 4.69) is 4.72 Å². The van der Waals surface area contributed by atoms with Crippen molar-refractivity contribution in [3.05, 3.63) is 41.3 Å². The molecule has 0 bridgehead atoms. The van der Waals surface area contributed by atoms with Gasteiger partial charge in [-0.3, -0.25) is 4.79 Å². The molecule has 0 aliphatic carbocycles. The van der Waals surface area contributed by atoms with Crippen molar-refractivity contribution in [3.8, 4) is 0 Å². The number of benzene rings is 1. The van der Waals surface area contributed by atoms with Crippen molar-refractivity contribution in [2.45, 2.75) is 32.2 Å². The number of nitrogens with one attached hydrogen (secondary N) is 1. The Morgan fingerprint density at radius 2 is 2.00 bits per heavy atom. The maximum atomic E-state index is 11.8. The molecule has 0 spiro atoms. The average Bonchev–Trinajstić information content (AvgIpc) is 2.42. The van der Waals surface area contributed by atoms with Crippen molar-refractivity contribution in [2.75, 3.05) is 0 Å². The number of carboxylic acids is 1. The zero-order valence-corrected chi connectivity index (χ0v) is 12.1. The van der Waals surface area contributed by atoms with E-state index in [1.807, 2.05) is 13.0 Å². The van der Waals surface area contributed by atoms with Crippen LogP contribution in [0.4, 0.5) is 0 Å². The molecule has 0 heterocycles. The first kappa shape index (κ1) is 16.4. The lowest BCUT2D eigenvalue weighted by molar-refractivity contribution is -0.139. The fraction of sp³-hybridized carbons (Fsp3) is 0.357. The lowest BCUT2D eigenvalue weighted by Gasteiger charge is -2.12. The van der Waals surface area contributed by atoms with Crippen LogP contribution in [0.5, 0.6) is 0 Å². The molecule has 1 unspecified atom stereocenters. The normalized spacial score (nSPS) is 13.4. The van der Waals surface area contributed by atoms with Crippen LogP contribution in [0, 0.1) is 0 Å². The Bertz CT molecular complexity index is 552. The van der Waals surface area contributed by atoms with Gasteiger partial charge in [-0.05, 0) is 18.1 Å². The Labute approximate surface area is 119 Å². The monoisotopic (exact) mass is 297 g/mol. The summed E-state index contributed by atoms with van der Waals surface area (Å²) in [4.78, 5) is 11.0. The molecule has 2 N–H and O–H groups in total. The van der Waals surface area contributed by atoms with Gasteiger partial charge in [0.15, 0.2) is 0 Å². The standard InChI is InChI=1S/C14H19NO4S/c1-2-3-9-13(14(16)17)15-20(18,19)11-10-12-7-5-4-6-8-12/h4-8,10-11,13,15H,2-3,9H2,1H3,(H,16,17)/b11-10+. The Balaban J connectivity index is 2.72. The molecule has 1 atom stereocenters. The highest BCUT2D eigenvalue weighted by atomic mass is 32.2. The van der Waals surface area contributed by atoms with Crippen LogP contribution in [0.1, 0.15) is 31.7 Å². The molecule has 1 rings (SSSR count). The number of rotatable bonds is 8. The zero-order valence-electron chi connectivity index (χ0n) is 11.3. The summed E-state index contributed by atoms with van der Waals surface area (Å²) in [6, 6.07) is 7.85. The number of carboxylic acid groups (broad SMARTS) is 1. The van der Waals surface area contributed by atoms with E-state index in [4.69, 9.17) is 5.11 Å². The summed E-state index contributed by atoms with van der Waals surface area (Å²) >= 11 is 0. The molecule has 0 aromatic heterocycles. The van der Waals surface area contributed by atoms with E-state index in [0.29, 0.717) is 6.42 Å². The SMILES string of the molecule is CCCCC(NS(=O)(=O)/C=C/c1ccccc1)C(=O)O. The largest absolute Gasteiger partial charge is 0.480 e. The highest BCUT2D eigenvalue weighted by Gasteiger charge is 2.21. The van der Waals surface area contributed by atoms with Crippen LogP contribution in [0.25, 0.3) is 6.08 Å². The smallest absolute Gasteiger partial charge is 0.321 e. The van der Waals surface area contributed by atoms with Gasteiger partial charge in [0, 0.05) is 5.41 Å². The molecule has 0 aliphatic rings. The molecule has 5 nitrogen and oxygen atoms in total. The Kier molecular flexibility index (Phi) is 6.41. The number of carbonyl (C=O) groups is 1. The molecule has 110 valence electrons. The van der Waals surface area contributed by atoms with Crippen LogP contribution in [-0.4, -0.2) is 25.5 Å². The van der Waals surface area contributed by atoms with E-state index in [9.17, 15) is 13.2 Å². The molecule has 20 heavy (non-hydrogen) atoms. The molecule has 0 aliphatic heterocycles. The van der Waals surface area contributed by atoms with Gasteiger partial charge in [-0.1, -0.05) is 50.1 Å². The molecule has 1 aromatic carbocycles. The topological polar surface area (TPSA) is 83.5 Å². The second-order valence-corrected chi connectivity index (χ2v) is 6.01. The third-order valence-electron chi connectivity index (χ3n) is 2.69. The molecule has 0 saturated heterocycles. The molecule has 0 amide bonds. The predicted molar refractivity (Wildman–Crippen MR) is 78.5 cm³/mol. The van der Waals surface area contributed by atoms with E-state index in [0.717, 1.165) is 17.4 Å². The third-order valence-corrected chi connectivity index (χ3v) is 3.80. The third kappa shape index (κ3) is 5.99. The summed E-state index contributed by atoms with van der Waals surface area (Å²) in [5.74, 6) is -1.16. The minimum absolute atomic E-state index is 0.282. The Morgan fingerprint density at radius 3 is 2.55 bits per heavy atom. The molecule has 6 heteroatoms. The fourth-order valence-electron chi connectivity index (χ4n) is 1.61. The molecular formula is C14H19NO4S. The van der Waals surface area contributed by atoms with Crippen molar-refractivity contribution in [1.29, 1.82) is 0 Å². The second kappa shape index (κ2) is 7.81. The Hall–Kier alpha value is -1.66. The van der Waals surface area contributed by atoms with Crippen molar-refractivity contribution in [1.82, 2.24) is 4.72 Å². The van der Waals surface area contributed by atoms with Crippen molar-refractivity contribution < 1.29 is 18.3 Å². The van der Waals surface area contributed by atoms with Crippen molar-refractivity contribution >= 4 is 22.1 Å². The second-order valence-electron chi connectivity index (χ2n) is 4.41. The van der Waals surface area contributed by atoms with Crippen LogP contribution in [0.2, 0.25) is 0 Å². The van der Waals surface area contributed by atoms with Gasteiger partial charge in [-0.25, -0.2) is 8.42 Å². The molecular weight excluding hydrogens is 278 g/mol. The number of unbranched alkanes of at least 4 members (excludes halogenated alkanes) is 1. The van der Waals surface area contributed by atoms with Crippen molar-refractivity contribution in [3.63, 3.8) is 0 Å². The summed E-state index contributed by atoms with van der Waals surface area (Å²) in [5, 5.41) is 9.99. The maximum absolute atomic E-state index is 11.8. The lowest BCUT2D eigenvalue weighted by atomic mass is 10.1. The van der Waals surface area contributed by atoms with E-state index in [1.54, 1.807) is 24.3 Å². The lowest BCUT2D eigenvalue weighted by Crippen LogP contribution is -2.39. The first-order valence-electron chi connectivity index (χ1n) is 6.43. The zero-order chi connectivity index (χ0) is 15.0. The van der Waals surface area contributed by atoms with E-state index in [1.165, 1.54) is 6.08 Å². The van der Waals surface area contributed by atoms with E-state index < -0.39 is 22.0 Å². The van der Waals surface area contributed by atoms with E-state index >= 15 is 0 Å². The summed E-state index contributed by atoms with van der Waals surface area (Å²) in [5.41, 5.74) is 0.735. The van der Waals surface area contributed by atoms with Gasteiger partial charge < -0.3 is 5.11 Å². The maximum Gasteiger partial charge on any atom is 0.321 e. The van der Waals surface area contributed by atoms with Crippen LogP contribution in [0.3, 0.4) is 0 Å². The number of sulfonamides is 1. The molecule has 0 fully saturated rings. The van der Waals surface area contributed by atoms with Gasteiger partial charge in [-0.2, -0.15) is 4.72 Å². The van der Waals surface area contributed by atoms with Gasteiger partial charge in [-0.15, -0.1) is 0 Å². The molecule has 0 radical (unpaired) electrons. The van der Waals surface area contributed by atoms with Crippen LogP contribution < -0.4 is 4.72 Å². The highest BCUT2D eigenvalue weighted by Crippen LogP contribution is 2.06. The van der Waals surface area contributed by atoms with Crippen LogP contribution >= 0.6 is 0 Å². The van der Waals surface area contributed by atoms with Crippen molar-refractivity contribution in [2.24, 2.45) is 0 Å². The fourth-order valence-corrected chi connectivity index (χ4v) is 2.64. The first-order valence-corrected chi connectivity index (χ1v) is 7.97. The quantitative estimate of drug-likeness (QED) is 0.770. The summed E-state index contributed by atoms with van der Waals surface area (Å²) in [7, 11) is -3.77. The molecule has 1 aromatic rings. The average molecular weight is 297 g/mol. The number of hydrogen-bond donors (Lipinski definition) is 2. The minimum Gasteiger partial charge on any atom is -0.480 e. The first-order chi connectivity index (χ1) is 9.44. The van der Waals surface area contributed by atoms with Crippen LogP contribution in [0.15, 0.2) is 35.7 Å². The number of aliphatic carboxylic acids is 1. The highest BCUT2D eigenvalue weighted by molar-refractivity contribution is 7.92. The molecule has 0 saturated carbocycles. The van der Waals surface area contributed by atoms with Gasteiger partial charge in [0.2, 0.25) is 10.0 Å². The minimum atomic E-state index is -3.77. The van der Waals surface area contributed by atoms with Gasteiger partial charge in [0.05, 0.1) is 0 Å². The number of hydrogen-bond acceptors (Lipinski definition) is 3. The van der Waals surface area contributed by atoms with Crippen LogP contribution in [-0.2, 0) is 14.8 Å². The van der Waals surface area contributed by atoms with Gasteiger partial charge in [0.25, 0.3) is 0 Å². The summed E-state index contributed by atoms with van der Waals surface area (Å²) in [6.45, 7) is 1.92. The summed E-state index contributed by atoms with van der Waals surface area (Å²) in [6.07, 6.45) is 3.18. The predicted octanol–water partition coefficient (Wildman–Crippen LogP) is 2.22. The van der Waals surface area contributed by atoms with Gasteiger partial charge >= 0.3 is 5.97 Å². The van der Waals surface area contributed by atoms with E-state index in [-0.39, 0.29) is 6.42 Å².